The summed E-state index contributed by atoms with van der Waals surface area (Å²) >= 11 is 0. The van der Waals surface area contributed by atoms with Gasteiger partial charge >= 0.3 is 0 Å². The molecule has 0 atom stereocenters. The van der Waals surface area contributed by atoms with Gasteiger partial charge in [-0.25, -0.2) is 0 Å². The molecule has 0 aromatic heterocycles. The Hall–Kier alpha value is -2.39. The molecule has 0 radical (unpaired) electrons. The number of carbonyl (C=O) groups is 2. The lowest BCUT2D eigenvalue weighted by molar-refractivity contribution is -0.130. The van der Waals surface area contributed by atoms with E-state index < -0.39 is 0 Å². The number of piperazine rings is 1. The molecule has 1 aromatic carbocycles. The van der Waals surface area contributed by atoms with E-state index in [4.69, 9.17) is 5.26 Å². The molecule has 1 fully saturated rings. The van der Waals surface area contributed by atoms with Crippen LogP contribution < -0.4 is 0 Å². The van der Waals surface area contributed by atoms with Gasteiger partial charge in [-0.3, -0.25) is 14.5 Å². The molecule has 116 valence electrons. The highest BCUT2D eigenvalue weighted by Gasteiger charge is 2.23. The minimum Gasteiger partial charge on any atom is -0.348 e. The predicted octanol–water partition coefficient (Wildman–Crippen LogP) is 0.404. The van der Waals surface area contributed by atoms with Gasteiger partial charge in [-0.05, 0) is 24.3 Å². The molecule has 1 aromatic rings. The molecule has 0 bridgehead atoms. The zero-order valence-corrected chi connectivity index (χ0v) is 13.0. The van der Waals surface area contributed by atoms with Gasteiger partial charge in [0.25, 0.3) is 5.91 Å². The highest BCUT2D eigenvalue weighted by molar-refractivity contribution is 5.94. The average molecular weight is 300 g/mol. The van der Waals surface area contributed by atoms with Crippen LogP contribution in [0.3, 0.4) is 0 Å². The lowest BCUT2D eigenvalue weighted by Crippen LogP contribution is -2.51. The molecule has 1 heterocycles. The molecule has 0 aliphatic carbocycles. The molecule has 1 aliphatic rings. The van der Waals surface area contributed by atoms with Crippen molar-refractivity contribution in [3.8, 4) is 6.07 Å². The summed E-state index contributed by atoms with van der Waals surface area (Å²) in [6.45, 7) is 3.01. The first-order valence-electron chi connectivity index (χ1n) is 7.23. The second kappa shape index (κ2) is 7.05. The monoisotopic (exact) mass is 300 g/mol. The first-order chi connectivity index (χ1) is 10.5. The molecule has 1 saturated heterocycles. The molecule has 1 aliphatic heterocycles. The zero-order chi connectivity index (χ0) is 16.1. The molecular formula is C16H20N4O2. The maximum absolute atomic E-state index is 12.4. The Bertz CT molecular complexity index is 581. The van der Waals surface area contributed by atoms with E-state index in [0.29, 0.717) is 43.9 Å². The van der Waals surface area contributed by atoms with Crippen molar-refractivity contribution in [2.75, 3.05) is 46.8 Å². The predicted molar refractivity (Wildman–Crippen MR) is 82.2 cm³/mol. The van der Waals surface area contributed by atoms with Crippen molar-refractivity contribution in [1.29, 1.82) is 5.26 Å². The van der Waals surface area contributed by atoms with Gasteiger partial charge in [0.1, 0.15) is 0 Å². The van der Waals surface area contributed by atoms with Crippen LogP contribution in [0.15, 0.2) is 24.3 Å². The van der Waals surface area contributed by atoms with Crippen LogP contribution in [-0.4, -0.2) is 73.3 Å². The molecule has 22 heavy (non-hydrogen) atoms. The summed E-state index contributed by atoms with van der Waals surface area (Å²) in [5.41, 5.74) is 1.14. The first-order valence-corrected chi connectivity index (χ1v) is 7.23. The normalized spacial score (nSPS) is 15.2. The van der Waals surface area contributed by atoms with E-state index in [1.165, 1.54) is 0 Å². The maximum Gasteiger partial charge on any atom is 0.253 e. The second-order valence-corrected chi connectivity index (χ2v) is 5.55. The molecule has 2 rings (SSSR count). The van der Waals surface area contributed by atoms with E-state index in [2.05, 4.69) is 4.90 Å². The Kier molecular flexibility index (Phi) is 5.12. The molecule has 0 spiro atoms. The maximum atomic E-state index is 12.4. The quantitative estimate of drug-likeness (QED) is 0.810. The van der Waals surface area contributed by atoms with E-state index in [9.17, 15) is 9.59 Å². The fourth-order valence-electron chi connectivity index (χ4n) is 2.31. The fourth-order valence-corrected chi connectivity index (χ4v) is 2.31. The summed E-state index contributed by atoms with van der Waals surface area (Å²) in [5, 5.41) is 8.77. The molecule has 2 amide bonds. The summed E-state index contributed by atoms with van der Waals surface area (Å²) < 4.78 is 0. The summed E-state index contributed by atoms with van der Waals surface area (Å²) in [6, 6.07) is 8.71. The third-order valence-electron chi connectivity index (χ3n) is 3.78. The van der Waals surface area contributed by atoms with Gasteiger partial charge in [0.15, 0.2) is 0 Å². The van der Waals surface area contributed by atoms with Crippen LogP contribution in [0, 0.1) is 11.3 Å². The number of rotatable bonds is 3. The number of nitrogens with zero attached hydrogens (tertiary/aromatic N) is 4. The van der Waals surface area contributed by atoms with Crippen molar-refractivity contribution in [3.05, 3.63) is 35.4 Å². The highest BCUT2D eigenvalue weighted by Crippen LogP contribution is 2.10. The molecule has 0 saturated carbocycles. The molecular weight excluding hydrogens is 280 g/mol. The second-order valence-electron chi connectivity index (χ2n) is 5.55. The Balaban J connectivity index is 1.89. The van der Waals surface area contributed by atoms with Gasteiger partial charge in [-0.1, -0.05) is 0 Å². The van der Waals surface area contributed by atoms with E-state index in [-0.39, 0.29) is 11.8 Å². The Morgan fingerprint density at radius 1 is 1.14 bits per heavy atom. The molecule has 0 N–H and O–H groups in total. The van der Waals surface area contributed by atoms with E-state index in [1.807, 2.05) is 6.07 Å². The number of hydrogen-bond donors (Lipinski definition) is 0. The topological polar surface area (TPSA) is 67.7 Å². The number of benzene rings is 1. The van der Waals surface area contributed by atoms with Crippen molar-refractivity contribution in [1.82, 2.24) is 14.7 Å². The highest BCUT2D eigenvalue weighted by atomic mass is 16.2. The summed E-state index contributed by atoms with van der Waals surface area (Å²) in [5.74, 6) is 0.0509. The van der Waals surface area contributed by atoms with Crippen LogP contribution in [0.5, 0.6) is 0 Å². The van der Waals surface area contributed by atoms with Crippen molar-refractivity contribution < 1.29 is 9.59 Å². The minimum atomic E-state index is -0.0249. The van der Waals surface area contributed by atoms with E-state index >= 15 is 0 Å². The summed E-state index contributed by atoms with van der Waals surface area (Å²) in [4.78, 5) is 29.5. The number of nitriles is 1. The third kappa shape index (κ3) is 3.83. The Morgan fingerprint density at radius 3 is 2.23 bits per heavy atom. The third-order valence-corrected chi connectivity index (χ3v) is 3.78. The number of carbonyl (C=O) groups excluding carboxylic acids is 2. The lowest BCUT2D eigenvalue weighted by Gasteiger charge is -2.34. The van der Waals surface area contributed by atoms with Gasteiger partial charge in [0.2, 0.25) is 5.91 Å². The zero-order valence-electron chi connectivity index (χ0n) is 13.0. The van der Waals surface area contributed by atoms with Gasteiger partial charge in [0, 0.05) is 45.8 Å². The molecule has 0 unspecified atom stereocenters. The van der Waals surface area contributed by atoms with Gasteiger partial charge < -0.3 is 9.80 Å². The summed E-state index contributed by atoms with van der Waals surface area (Å²) in [7, 11) is 3.49. The van der Waals surface area contributed by atoms with Crippen LogP contribution in [0.1, 0.15) is 15.9 Å². The average Bonchev–Trinajstić information content (AvgIpc) is 2.55. The van der Waals surface area contributed by atoms with E-state index in [1.54, 1.807) is 48.2 Å². The van der Waals surface area contributed by atoms with Crippen molar-refractivity contribution in [3.63, 3.8) is 0 Å². The smallest absolute Gasteiger partial charge is 0.253 e. The van der Waals surface area contributed by atoms with E-state index in [0.717, 1.165) is 0 Å². The van der Waals surface area contributed by atoms with Gasteiger partial charge in [-0.2, -0.15) is 5.26 Å². The Morgan fingerprint density at radius 2 is 1.73 bits per heavy atom. The minimum absolute atomic E-state index is 0.0249. The first kappa shape index (κ1) is 16.0. The standard InChI is InChI=1S/C16H20N4O2/c1-18(2)15(21)12-19-7-9-20(10-8-19)16(22)14-5-3-13(11-17)4-6-14/h3-6H,7-10,12H2,1-2H3. The van der Waals surface area contributed by atoms with Crippen LogP contribution in [0.25, 0.3) is 0 Å². The lowest BCUT2D eigenvalue weighted by atomic mass is 10.1. The number of hydrogen-bond acceptors (Lipinski definition) is 4. The summed E-state index contributed by atoms with van der Waals surface area (Å²) in [6.07, 6.45) is 0. The number of likely N-dealkylation sites (N-methyl/N-ethyl adjacent to an activating group) is 1. The largest absolute Gasteiger partial charge is 0.348 e. The SMILES string of the molecule is CN(C)C(=O)CN1CCN(C(=O)c2ccc(C#N)cc2)CC1. The van der Waals surface area contributed by atoms with Gasteiger partial charge in [-0.15, -0.1) is 0 Å². The number of amides is 2. The fraction of sp³-hybridized carbons (Fsp3) is 0.438. The van der Waals surface area contributed by atoms with Crippen LogP contribution >= 0.6 is 0 Å². The Labute approximate surface area is 130 Å². The van der Waals surface area contributed by atoms with Crippen LogP contribution in [0.4, 0.5) is 0 Å². The van der Waals surface area contributed by atoms with Gasteiger partial charge in [0.05, 0.1) is 18.2 Å². The molecule has 6 heteroatoms. The van der Waals surface area contributed by atoms with Crippen molar-refractivity contribution in [2.24, 2.45) is 0 Å². The van der Waals surface area contributed by atoms with Crippen LogP contribution in [-0.2, 0) is 4.79 Å². The van der Waals surface area contributed by atoms with Crippen LogP contribution in [0.2, 0.25) is 0 Å². The molecule has 6 nitrogen and oxygen atoms in total. The van der Waals surface area contributed by atoms with Crippen molar-refractivity contribution >= 4 is 11.8 Å². The van der Waals surface area contributed by atoms with Crippen molar-refractivity contribution in [2.45, 2.75) is 0 Å².